The molecule has 0 fully saturated rings. The van der Waals surface area contributed by atoms with Crippen LogP contribution in [-0.2, 0) is 16.2 Å². The second kappa shape index (κ2) is 18.8. The van der Waals surface area contributed by atoms with Crippen LogP contribution in [0.5, 0.6) is 0 Å². The van der Waals surface area contributed by atoms with Gasteiger partial charge in [0.05, 0.1) is 0 Å². The zero-order chi connectivity index (χ0) is 11.6. The van der Waals surface area contributed by atoms with E-state index in [0.29, 0.717) is 0 Å². The smallest absolute Gasteiger partial charge is 0.784 e. The van der Waals surface area contributed by atoms with Crippen molar-refractivity contribution in [3.63, 3.8) is 0 Å². The minimum Gasteiger partial charge on any atom is -0.784 e. The molecule has 0 aliphatic carbocycles. The maximum atomic E-state index is 10.2. The Kier molecular flexibility index (Phi) is 30.8. The molecule has 0 heterocycles. The Bertz CT molecular complexity index is 202. The van der Waals surface area contributed by atoms with Crippen LogP contribution in [0.15, 0.2) is 11.6 Å². The molecule has 7 heteroatoms. The van der Waals surface area contributed by atoms with Gasteiger partial charge in [-0.1, -0.05) is 18.6 Å². The van der Waals surface area contributed by atoms with Crippen molar-refractivity contribution in [2.45, 2.75) is 33.6 Å². The van der Waals surface area contributed by atoms with E-state index in [1.807, 2.05) is 6.92 Å². The summed E-state index contributed by atoms with van der Waals surface area (Å²) in [5.41, 5.74) is 1.33. The van der Waals surface area contributed by atoms with Gasteiger partial charge in [0, 0.05) is 5.92 Å². The molecule has 0 aliphatic rings. The molecular formula is C9H16Na2O4S. The molecule has 0 aromatic rings. The van der Waals surface area contributed by atoms with Gasteiger partial charge in [0.2, 0.25) is 0 Å². The molecule has 0 spiro atoms. The van der Waals surface area contributed by atoms with Crippen molar-refractivity contribution in [1.82, 2.24) is 0 Å². The molecule has 0 radical (unpaired) electrons. The van der Waals surface area contributed by atoms with Crippen molar-refractivity contribution in [1.29, 1.82) is 0 Å². The van der Waals surface area contributed by atoms with Gasteiger partial charge in [-0.05, 0) is 26.7 Å². The molecule has 0 aromatic carbocycles. The van der Waals surface area contributed by atoms with Crippen LogP contribution in [0.2, 0.25) is 0 Å². The van der Waals surface area contributed by atoms with Gasteiger partial charge in [-0.15, -0.1) is 11.4 Å². The third kappa shape index (κ3) is 36.1. The Morgan fingerprint density at radius 1 is 1.31 bits per heavy atom. The molecular weight excluding hydrogens is 250 g/mol. The van der Waals surface area contributed by atoms with E-state index in [0.717, 1.165) is 19.1 Å². The van der Waals surface area contributed by atoms with E-state index in [1.54, 1.807) is 0 Å². The largest absolute Gasteiger partial charge is 1.00 e. The van der Waals surface area contributed by atoms with Gasteiger partial charge in [0.15, 0.2) is 0 Å². The van der Waals surface area contributed by atoms with Crippen LogP contribution in [0.3, 0.4) is 0 Å². The van der Waals surface area contributed by atoms with E-state index in [-0.39, 0.29) is 65.0 Å². The van der Waals surface area contributed by atoms with Crippen LogP contribution in [0.4, 0.5) is 0 Å². The average molecular weight is 266 g/mol. The van der Waals surface area contributed by atoms with Crippen LogP contribution in [-0.4, -0.2) is 19.6 Å². The van der Waals surface area contributed by atoms with Crippen LogP contribution in [0.25, 0.3) is 0 Å². The van der Waals surface area contributed by atoms with Gasteiger partial charge in [-0.2, -0.15) is 0 Å². The first-order chi connectivity index (χ1) is 6.40. The molecule has 0 N–H and O–H groups in total. The number of allylic oxidation sites excluding steroid dienone is 2. The minimum atomic E-state index is -3.11. The predicted octanol–water partition coefficient (Wildman–Crippen LogP) is -4.43. The van der Waals surface area contributed by atoms with Crippen LogP contribution < -0.4 is 59.1 Å². The number of aldehydes is 1. The summed E-state index contributed by atoms with van der Waals surface area (Å²) >= 11 is -3.11. The zero-order valence-corrected chi connectivity index (χ0v) is 15.5. The molecule has 84 valence electrons. The first kappa shape index (κ1) is 26.1. The molecule has 0 rings (SSSR count). The molecule has 1 unspecified atom stereocenters. The minimum absolute atomic E-state index is 0. The second-order valence-electron chi connectivity index (χ2n) is 3.18. The molecule has 0 aromatic heterocycles. The number of carbonyl (C=O) groups is 1. The molecule has 16 heavy (non-hydrogen) atoms. The standard InChI is InChI=1S/C9H16O.2Na.H2O3S/c1-8(2)5-4-6-9(3)7-10;;;1-4(2)3/h5,7,9H,4,6H2,1-3H3;;;(H2,1,2,3)/q;2*+1;/p-2. The van der Waals surface area contributed by atoms with E-state index in [9.17, 15) is 4.79 Å². The molecule has 0 aliphatic heterocycles. The number of carbonyl (C=O) groups excluding carboxylic acids is 1. The van der Waals surface area contributed by atoms with Gasteiger partial charge in [0.25, 0.3) is 0 Å². The first-order valence-corrected chi connectivity index (χ1v) is 5.25. The Morgan fingerprint density at radius 2 is 1.69 bits per heavy atom. The van der Waals surface area contributed by atoms with Gasteiger partial charge in [-0.25, -0.2) is 0 Å². The SMILES string of the molecule is CC(C)=CCCC(C)C=O.O=S([O-])[O-].[Na+].[Na+]. The molecule has 0 amide bonds. The normalized spacial score (nSPS) is 9.88. The number of hydrogen-bond donors (Lipinski definition) is 0. The zero-order valence-electron chi connectivity index (χ0n) is 10.7. The third-order valence-electron chi connectivity index (χ3n) is 1.41. The fourth-order valence-electron chi connectivity index (χ4n) is 0.703. The Hall–Kier alpha value is 1.48. The molecule has 0 bridgehead atoms. The summed E-state index contributed by atoms with van der Waals surface area (Å²) in [6.45, 7) is 6.10. The van der Waals surface area contributed by atoms with Gasteiger partial charge >= 0.3 is 59.1 Å². The fourth-order valence-corrected chi connectivity index (χ4v) is 0.703. The molecule has 0 saturated carbocycles. The van der Waals surface area contributed by atoms with Crippen LogP contribution in [0.1, 0.15) is 33.6 Å². The van der Waals surface area contributed by atoms with Crippen molar-refractivity contribution in [2.75, 3.05) is 0 Å². The summed E-state index contributed by atoms with van der Waals surface area (Å²) in [7, 11) is 0. The third-order valence-corrected chi connectivity index (χ3v) is 1.41. The average Bonchev–Trinajstić information content (AvgIpc) is 2.02. The summed E-state index contributed by atoms with van der Waals surface area (Å²) in [6.07, 6.45) is 5.19. The van der Waals surface area contributed by atoms with Crippen LogP contribution in [0, 0.1) is 5.92 Å². The summed E-state index contributed by atoms with van der Waals surface area (Å²) in [5.74, 6) is 0.218. The van der Waals surface area contributed by atoms with E-state index in [1.165, 1.54) is 5.57 Å². The fraction of sp³-hybridized carbons (Fsp3) is 0.667. The number of rotatable bonds is 4. The van der Waals surface area contributed by atoms with E-state index in [2.05, 4.69) is 19.9 Å². The van der Waals surface area contributed by atoms with Crippen LogP contribution >= 0.6 is 0 Å². The summed E-state index contributed by atoms with van der Waals surface area (Å²) < 4.78 is 25.3. The van der Waals surface area contributed by atoms with Crippen molar-refractivity contribution in [3.8, 4) is 0 Å². The topological polar surface area (TPSA) is 80.3 Å². The van der Waals surface area contributed by atoms with Gasteiger partial charge < -0.3 is 13.9 Å². The van der Waals surface area contributed by atoms with E-state index < -0.39 is 11.4 Å². The van der Waals surface area contributed by atoms with Crippen molar-refractivity contribution < 1.29 is 77.2 Å². The van der Waals surface area contributed by atoms with Crippen molar-refractivity contribution >= 4 is 17.6 Å². The van der Waals surface area contributed by atoms with Gasteiger partial charge in [-0.3, -0.25) is 4.21 Å². The summed E-state index contributed by atoms with van der Waals surface area (Å²) in [5, 5.41) is 0. The monoisotopic (exact) mass is 266 g/mol. The van der Waals surface area contributed by atoms with E-state index in [4.69, 9.17) is 13.3 Å². The Morgan fingerprint density at radius 3 is 1.94 bits per heavy atom. The maximum Gasteiger partial charge on any atom is 1.00 e. The molecule has 0 saturated heterocycles. The van der Waals surface area contributed by atoms with Crippen molar-refractivity contribution in [3.05, 3.63) is 11.6 Å². The van der Waals surface area contributed by atoms with Gasteiger partial charge in [0.1, 0.15) is 6.29 Å². The number of hydrogen-bond acceptors (Lipinski definition) is 4. The Balaban J connectivity index is -0.000000105. The quantitative estimate of drug-likeness (QED) is 0.223. The predicted molar refractivity (Wildman–Crippen MR) is 53.6 cm³/mol. The van der Waals surface area contributed by atoms with E-state index >= 15 is 0 Å². The summed E-state index contributed by atoms with van der Waals surface area (Å²) in [6, 6.07) is 0. The second-order valence-corrected chi connectivity index (χ2v) is 3.58. The maximum absolute atomic E-state index is 10.2. The molecule has 1 atom stereocenters. The summed E-state index contributed by atoms with van der Waals surface area (Å²) in [4.78, 5) is 10.2. The van der Waals surface area contributed by atoms with Crippen molar-refractivity contribution in [2.24, 2.45) is 5.92 Å². The molecule has 4 nitrogen and oxygen atoms in total. The first-order valence-electron chi connectivity index (χ1n) is 4.25. The Labute approximate surface area is 144 Å².